The summed E-state index contributed by atoms with van der Waals surface area (Å²) in [6.07, 6.45) is 0. The number of benzene rings is 2. The molecule has 2 heterocycles. The zero-order valence-corrected chi connectivity index (χ0v) is 15.2. The lowest BCUT2D eigenvalue weighted by Crippen LogP contribution is -2.42. The van der Waals surface area contributed by atoms with Crippen molar-refractivity contribution >= 4 is 34.1 Å². The van der Waals surface area contributed by atoms with E-state index in [0.717, 1.165) is 22.2 Å². The molecule has 4 rings (SSSR count). The molecular formula is C21H17N3O2S. The van der Waals surface area contributed by atoms with Crippen LogP contribution in [0.2, 0.25) is 0 Å². The maximum absolute atomic E-state index is 12.5. The molecule has 0 aliphatic heterocycles. The molecule has 6 heteroatoms. The maximum atomic E-state index is 12.5. The van der Waals surface area contributed by atoms with Gasteiger partial charge in [-0.2, -0.15) is 0 Å². The standard InChI is InChI=1S/C21H17N3O2S/c25-20(22-23-21(26)19-11-6-12-27-19)14-24-17-10-5-4-9-16(17)13-18(24)15-7-2-1-3-8-15/h1-13H,14H2,(H,22,25)(H,23,26). The number of carbonyl (C=O) groups excluding carboxylic acids is 2. The molecule has 2 amide bonds. The lowest BCUT2D eigenvalue weighted by Gasteiger charge is -2.12. The zero-order valence-electron chi connectivity index (χ0n) is 14.4. The van der Waals surface area contributed by atoms with Gasteiger partial charge in [-0.25, -0.2) is 0 Å². The molecule has 0 atom stereocenters. The topological polar surface area (TPSA) is 63.1 Å². The Morgan fingerprint density at radius 3 is 2.44 bits per heavy atom. The van der Waals surface area contributed by atoms with Crippen LogP contribution >= 0.6 is 11.3 Å². The first kappa shape index (κ1) is 17.1. The van der Waals surface area contributed by atoms with Crippen LogP contribution in [0.3, 0.4) is 0 Å². The fraction of sp³-hybridized carbons (Fsp3) is 0.0476. The first-order valence-electron chi connectivity index (χ1n) is 8.49. The van der Waals surface area contributed by atoms with Crippen LogP contribution in [0.4, 0.5) is 0 Å². The molecule has 0 bridgehead atoms. The molecule has 5 nitrogen and oxygen atoms in total. The molecule has 27 heavy (non-hydrogen) atoms. The van der Waals surface area contributed by atoms with Crippen molar-refractivity contribution in [2.45, 2.75) is 6.54 Å². The van der Waals surface area contributed by atoms with E-state index in [1.165, 1.54) is 11.3 Å². The fourth-order valence-electron chi connectivity index (χ4n) is 3.01. The summed E-state index contributed by atoms with van der Waals surface area (Å²) in [5.74, 6) is -0.613. The Kier molecular flexibility index (Phi) is 4.72. The van der Waals surface area contributed by atoms with Gasteiger partial charge in [0.2, 0.25) is 0 Å². The number of carbonyl (C=O) groups is 2. The Bertz CT molecular complexity index is 1090. The van der Waals surface area contributed by atoms with Crippen LogP contribution in [-0.2, 0) is 11.3 Å². The summed E-state index contributed by atoms with van der Waals surface area (Å²) >= 11 is 1.32. The highest BCUT2D eigenvalue weighted by Gasteiger charge is 2.14. The van der Waals surface area contributed by atoms with E-state index in [1.807, 2.05) is 64.5 Å². The van der Waals surface area contributed by atoms with Crippen molar-refractivity contribution in [1.82, 2.24) is 15.4 Å². The van der Waals surface area contributed by atoms with Crippen LogP contribution in [0.25, 0.3) is 22.2 Å². The highest BCUT2D eigenvalue weighted by Crippen LogP contribution is 2.28. The third-order valence-corrected chi connectivity index (χ3v) is 5.11. The van der Waals surface area contributed by atoms with Crippen LogP contribution in [0.5, 0.6) is 0 Å². The molecule has 2 N–H and O–H groups in total. The second kappa shape index (κ2) is 7.47. The average molecular weight is 375 g/mol. The molecule has 0 radical (unpaired) electrons. The van der Waals surface area contributed by atoms with Gasteiger partial charge in [0.25, 0.3) is 11.8 Å². The van der Waals surface area contributed by atoms with E-state index >= 15 is 0 Å². The van der Waals surface area contributed by atoms with Gasteiger partial charge in [-0.15, -0.1) is 11.3 Å². The predicted octanol–water partition coefficient (Wildman–Crippen LogP) is 3.83. The quantitative estimate of drug-likeness (QED) is 0.533. The van der Waals surface area contributed by atoms with E-state index in [4.69, 9.17) is 0 Å². The molecule has 0 aliphatic rings. The molecule has 0 spiro atoms. The Morgan fingerprint density at radius 1 is 0.889 bits per heavy atom. The van der Waals surface area contributed by atoms with E-state index < -0.39 is 0 Å². The summed E-state index contributed by atoms with van der Waals surface area (Å²) in [6.45, 7) is 0.0997. The highest BCUT2D eigenvalue weighted by molar-refractivity contribution is 7.12. The number of amides is 2. The number of nitrogens with zero attached hydrogens (tertiary/aromatic N) is 1. The van der Waals surface area contributed by atoms with E-state index in [0.29, 0.717) is 4.88 Å². The summed E-state index contributed by atoms with van der Waals surface area (Å²) in [6, 6.07) is 23.4. The smallest absolute Gasteiger partial charge is 0.279 e. The number of nitrogens with one attached hydrogen (secondary N) is 2. The maximum Gasteiger partial charge on any atom is 0.279 e. The van der Waals surface area contributed by atoms with Crippen LogP contribution < -0.4 is 10.9 Å². The van der Waals surface area contributed by atoms with E-state index in [-0.39, 0.29) is 18.4 Å². The van der Waals surface area contributed by atoms with Crippen molar-refractivity contribution in [1.29, 1.82) is 0 Å². The van der Waals surface area contributed by atoms with Gasteiger partial charge in [-0.05, 0) is 29.1 Å². The highest BCUT2D eigenvalue weighted by atomic mass is 32.1. The lowest BCUT2D eigenvalue weighted by molar-refractivity contribution is -0.122. The van der Waals surface area contributed by atoms with Gasteiger partial charge in [0, 0.05) is 16.6 Å². The molecule has 2 aromatic heterocycles. The minimum Gasteiger partial charge on any atom is -0.331 e. The Balaban J connectivity index is 1.57. The normalized spacial score (nSPS) is 10.7. The van der Waals surface area contributed by atoms with Crippen molar-refractivity contribution < 1.29 is 9.59 Å². The molecule has 0 aliphatic carbocycles. The number of hydrogen-bond acceptors (Lipinski definition) is 3. The number of fused-ring (bicyclic) bond motifs is 1. The van der Waals surface area contributed by atoms with E-state index in [9.17, 15) is 9.59 Å². The summed E-state index contributed by atoms with van der Waals surface area (Å²) in [4.78, 5) is 25.0. The monoisotopic (exact) mass is 375 g/mol. The van der Waals surface area contributed by atoms with Crippen LogP contribution in [0, 0.1) is 0 Å². The molecule has 0 saturated heterocycles. The SMILES string of the molecule is O=C(Cn1c(-c2ccccc2)cc2ccccc21)NNC(=O)c1cccs1. The minimum atomic E-state index is -0.320. The second-order valence-electron chi connectivity index (χ2n) is 6.02. The second-order valence-corrected chi connectivity index (χ2v) is 6.97. The third-order valence-electron chi connectivity index (χ3n) is 4.24. The molecule has 134 valence electrons. The average Bonchev–Trinajstić information content (AvgIpc) is 3.36. The summed E-state index contributed by atoms with van der Waals surface area (Å²) in [7, 11) is 0. The molecule has 0 unspecified atom stereocenters. The van der Waals surface area contributed by atoms with Crippen LogP contribution in [0.15, 0.2) is 78.2 Å². The number of thiophene rings is 1. The van der Waals surface area contributed by atoms with Crippen molar-refractivity contribution in [3.8, 4) is 11.3 Å². The fourth-order valence-corrected chi connectivity index (χ4v) is 3.63. The molecule has 0 saturated carbocycles. The van der Waals surface area contributed by atoms with Gasteiger partial charge in [0.15, 0.2) is 0 Å². The Hall–Kier alpha value is -3.38. The van der Waals surface area contributed by atoms with Gasteiger partial charge in [0.05, 0.1) is 4.88 Å². The van der Waals surface area contributed by atoms with Crippen LogP contribution in [0.1, 0.15) is 9.67 Å². The van der Waals surface area contributed by atoms with Gasteiger partial charge in [-0.3, -0.25) is 20.4 Å². The van der Waals surface area contributed by atoms with Crippen molar-refractivity contribution in [3.63, 3.8) is 0 Å². The number of para-hydroxylation sites is 1. The van der Waals surface area contributed by atoms with Gasteiger partial charge in [0.1, 0.15) is 6.54 Å². The molecular weight excluding hydrogens is 358 g/mol. The van der Waals surface area contributed by atoms with E-state index in [1.54, 1.807) is 12.1 Å². The van der Waals surface area contributed by atoms with E-state index in [2.05, 4.69) is 16.9 Å². The zero-order chi connectivity index (χ0) is 18.6. The van der Waals surface area contributed by atoms with Crippen LogP contribution in [-0.4, -0.2) is 16.4 Å². The first-order chi connectivity index (χ1) is 13.2. The van der Waals surface area contributed by atoms with Crippen molar-refractivity contribution in [2.75, 3.05) is 0 Å². The summed E-state index contributed by atoms with van der Waals surface area (Å²) in [5.41, 5.74) is 7.92. The molecule has 4 aromatic rings. The third kappa shape index (κ3) is 3.61. The molecule has 2 aromatic carbocycles. The summed E-state index contributed by atoms with van der Waals surface area (Å²) in [5, 5.41) is 2.88. The lowest BCUT2D eigenvalue weighted by atomic mass is 10.1. The predicted molar refractivity (Wildman–Crippen MR) is 107 cm³/mol. The number of hydrazine groups is 1. The van der Waals surface area contributed by atoms with Gasteiger partial charge >= 0.3 is 0 Å². The number of hydrogen-bond donors (Lipinski definition) is 2. The number of aromatic nitrogens is 1. The number of rotatable bonds is 4. The molecule has 0 fully saturated rings. The van der Waals surface area contributed by atoms with Gasteiger partial charge < -0.3 is 4.57 Å². The van der Waals surface area contributed by atoms with Crippen molar-refractivity contribution in [2.24, 2.45) is 0 Å². The van der Waals surface area contributed by atoms with Crippen molar-refractivity contribution in [3.05, 3.63) is 83.1 Å². The largest absolute Gasteiger partial charge is 0.331 e. The minimum absolute atomic E-state index is 0.0997. The van der Waals surface area contributed by atoms with Gasteiger partial charge in [-0.1, -0.05) is 54.6 Å². The Labute approximate surface area is 160 Å². The first-order valence-corrected chi connectivity index (χ1v) is 9.37. The summed E-state index contributed by atoms with van der Waals surface area (Å²) < 4.78 is 1.96. The Morgan fingerprint density at radius 2 is 1.67 bits per heavy atom.